The first-order chi connectivity index (χ1) is 13.0. The van der Waals surface area contributed by atoms with Crippen molar-refractivity contribution in [3.63, 3.8) is 0 Å². The second-order valence-corrected chi connectivity index (χ2v) is 6.99. The van der Waals surface area contributed by atoms with E-state index < -0.39 is 34.1 Å². The molecule has 0 aliphatic heterocycles. The van der Waals surface area contributed by atoms with Crippen LogP contribution in [0.2, 0.25) is 5.02 Å². The van der Waals surface area contributed by atoms with Gasteiger partial charge in [0.1, 0.15) is 5.01 Å². The van der Waals surface area contributed by atoms with E-state index in [1.165, 1.54) is 16.8 Å². The third kappa shape index (κ3) is 4.22. The van der Waals surface area contributed by atoms with Crippen LogP contribution < -0.4 is 5.43 Å². The number of thiazole rings is 1. The predicted molar refractivity (Wildman–Crippen MR) is 92.4 cm³/mol. The Morgan fingerprint density at radius 2 is 1.79 bits per heavy atom. The van der Waals surface area contributed by atoms with Gasteiger partial charge in [0.2, 0.25) is 0 Å². The van der Waals surface area contributed by atoms with Crippen molar-refractivity contribution in [1.29, 1.82) is 0 Å². The summed E-state index contributed by atoms with van der Waals surface area (Å²) in [7, 11) is 0. The fraction of sp³-hybridized carbons (Fsp3) is 0.176. The molecule has 28 heavy (non-hydrogen) atoms. The summed E-state index contributed by atoms with van der Waals surface area (Å²) in [5.41, 5.74) is -2.67. The van der Waals surface area contributed by atoms with Gasteiger partial charge >= 0.3 is 12.4 Å². The molecule has 0 fully saturated rings. The molecule has 0 N–H and O–H groups in total. The SMILES string of the molecule is O=c1ccn(Cc2nc(C(F)(F)F)cs2)c(-c2cccc(C(F)(F)F)c2Cl)c1. The van der Waals surface area contributed by atoms with E-state index in [9.17, 15) is 31.1 Å². The van der Waals surface area contributed by atoms with Gasteiger partial charge in [-0.1, -0.05) is 23.7 Å². The van der Waals surface area contributed by atoms with Gasteiger partial charge in [-0.05, 0) is 6.07 Å². The maximum absolute atomic E-state index is 13.1. The van der Waals surface area contributed by atoms with Crippen LogP contribution in [0.1, 0.15) is 16.3 Å². The smallest absolute Gasteiger partial charge is 0.340 e. The van der Waals surface area contributed by atoms with Gasteiger partial charge in [0.25, 0.3) is 0 Å². The highest BCUT2D eigenvalue weighted by Gasteiger charge is 2.35. The summed E-state index contributed by atoms with van der Waals surface area (Å²) in [5.74, 6) is 0. The summed E-state index contributed by atoms with van der Waals surface area (Å²) in [4.78, 5) is 15.3. The molecule has 0 bridgehead atoms. The van der Waals surface area contributed by atoms with Gasteiger partial charge in [-0.25, -0.2) is 4.98 Å². The lowest BCUT2D eigenvalue weighted by Crippen LogP contribution is -2.12. The van der Waals surface area contributed by atoms with E-state index in [1.807, 2.05) is 0 Å². The zero-order chi connectivity index (χ0) is 20.7. The second kappa shape index (κ2) is 7.25. The lowest BCUT2D eigenvalue weighted by Gasteiger charge is -2.16. The summed E-state index contributed by atoms with van der Waals surface area (Å²) in [6, 6.07) is 5.44. The molecule has 0 spiro atoms. The summed E-state index contributed by atoms with van der Waals surface area (Å²) >= 11 is 6.67. The van der Waals surface area contributed by atoms with Crippen molar-refractivity contribution in [2.24, 2.45) is 0 Å². The molecule has 2 heterocycles. The highest BCUT2D eigenvalue weighted by atomic mass is 35.5. The largest absolute Gasteiger partial charge is 0.434 e. The Bertz CT molecular complexity index is 1070. The monoisotopic (exact) mass is 438 g/mol. The van der Waals surface area contributed by atoms with Crippen LogP contribution in [0.3, 0.4) is 0 Å². The van der Waals surface area contributed by atoms with E-state index in [4.69, 9.17) is 11.6 Å². The van der Waals surface area contributed by atoms with Crippen LogP contribution in [0, 0.1) is 0 Å². The molecular weight excluding hydrogens is 430 g/mol. The Kier molecular flexibility index (Phi) is 5.28. The lowest BCUT2D eigenvalue weighted by atomic mass is 10.1. The van der Waals surface area contributed by atoms with Crippen molar-refractivity contribution in [3.05, 3.63) is 73.4 Å². The molecular formula is C17H9ClF6N2OS. The van der Waals surface area contributed by atoms with E-state index in [2.05, 4.69) is 4.98 Å². The maximum atomic E-state index is 13.1. The molecule has 0 saturated carbocycles. The normalized spacial score (nSPS) is 12.4. The van der Waals surface area contributed by atoms with E-state index in [0.717, 1.165) is 41.0 Å². The van der Waals surface area contributed by atoms with Crippen LogP contribution in [0.5, 0.6) is 0 Å². The Labute approximate surface area is 162 Å². The molecule has 0 amide bonds. The number of aromatic nitrogens is 2. The second-order valence-electron chi connectivity index (χ2n) is 5.66. The minimum absolute atomic E-state index is 0.0346. The van der Waals surface area contributed by atoms with Gasteiger partial charge in [0.15, 0.2) is 11.1 Å². The number of nitrogens with zero attached hydrogens (tertiary/aromatic N) is 2. The number of pyridine rings is 1. The Balaban J connectivity index is 2.08. The average Bonchev–Trinajstić information content (AvgIpc) is 3.05. The Morgan fingerprint density at radius 1 is 1.07 bits per heavy atom. The number of alkyl halides is 6. The quantitative estimate of drug-likeness (QED) is 0.491. The number of hydrogen-bond donors (Lipinski definition) is 0. The van der Waals surface area contributed by atoms with E-state index >= 15 is 0 Å². The van der Waals surface area contributed by atoms with Crippen molar-refractivity contribution in [2.75, 3.05) is 0 Å². The molecule has 0 saturated heterocycles. The predicted octanol–water partition coefficient (Wildman–Crippen LogP) is 5.71. The molecule has 0 radical (unpaired) electrons. The van der Waals surface area contributed by atoms with Crippen molar-refractivity contribution >= 4 is 22.9 Å². The lowest BCUT2D eigenvalue weighted by molar-refractivity contribution is -0.141. The highest BCUT2D eigenvalue weighted by Crippen LogP contribution is 2.39. The average molecular weight is 439 g/mol. The molecule has 0 unspecified atom stereocenters. The van der Waals surface area contributed by atoms with Crippen molar-refractivity contribution < 1.29 is 26.3 Å². The number of benzene rings is 1. The summed E-state index contributed by atoms with van der Waals surface area (Å²) in [5, 5.41) is 0.305. The molecule has 3 rings (SSSR count). The van der Waals surface area contributed by atoms with Crippen LogP contribution in [-0.4, -0.2) is 9.55 Å². The molecule has 3 aromatic rings. The molecule has 11 heteroatoms. The van der Waals surface area contributed by atoms with Crippen molar-refractivity contribution in [3.8, 4) is 11.3 Å². The minimum Gasteiger partial charge on any atom is -0.340 e. The molecule has 3 nitrogen and oxygen atoms in total. The molecule has 0 atom stereocenters. The molecule has 2 aromatic heterocycles. The van der Waals surface area contributed by atoms with Crippen LogP contribution in [0.4, 0.5) is 26.3 Å². The first-order valence-electron chi connectivity index (χ1n) is 7.55. The summed E-state index contributed by atoms with van der Waals surface area (Å²) in [6.45, 7) is -0.178. The van der Waals surface area contributed by atoms with Gasteiger partial charge < -0.3 is 4.57 Å². The third-order valence-corrected chi connectivity index (χ3v) is 4.98. The molecule has 1 aromatic carbocycles. The zero-order valence-electron chi connectivity index (χ0n) is 13.6. The summed E-state index contributed by atoms with van der Waals surface area (Å²) < 4.78 is 78.8. The van der Waals surface area contributed by atoms with Crippen molar-refractivity contribution in [2.45, 2.75) is 18.9 Å². The standard InChI is InChI=1S/C17H9ClF6N2OS/c18-15-10(2-1-3-11(15)16(19,20)21)12-6-9(27)4-5-26(12)7-14-25-13(8-28-14)17(22,23)24/h1-6,8H,7H2. The van der Waals surface area contributed by atoms with E-state index in [0.29, 0.717) is 0 Å². The third-order valence-electron chi connectivity index (χ3n) is 3.74. The Morgan fingerprint density at radius 3 is 2.39 bits per heavy atom. The molecule has 0 aliphatic carbocycles. The van der Waals surface area contributed by atoms with Crippen LogP contribution in [0.15, 0.2) is 46.7 Å². The van der Waals surface area contributed by atoms with Gasteiger partial charge in [-0.2, -0.15) is 26.3 Å². The van der Waals surface area contributed by atoms with Gasteiger partial charge in [-0.15, -0.1) is 11.3 Å². The molecule has 148 valence electrons. The van der Waals surface area contributed by atoms with Crippen LogP contribution in [0.25, 0.3) is 11.3 Å². The zero-order valence-corrected chi connectivity index (χ0v) is 15.2. The van der Waals surface area contributed by atoms with Gasteiger partial charge in [-0.3, -0.25) is 4.79 Å². The molecule has 0 aliphatic rings. The highest BCUT2D eigenvalue weighted by molar-refractivity contribution is 7.09. The van der Waals surface area contributed by atoms with Crippen LogP contribution in [-0.2, 0) is 18.9 Å². The summed E-state index contributed by atoms with van der Waals surface area (Å²) in [6.07, 6.45) is -8.04. The van der Waals surface area contributed by atoms with Crippen LogP contribution >= 0.6 is 22.9 Å². The van der Waals surface area contributed by atoms with E-state index in [-0.39, 0.29) is 22.8 Å². The Hall–Kier alpha value is -2.33. The first kappa shape index (κ1) is 20.4. The van der Waals surface area contributed by atoms with Gasteiger partial charge in [0, 0.05) is 29.3 Å². The van der Waals surface area contributed by atoms with Gasteiger partial charge in [0.05, 0.1) is 22.8 Å². The topological polar surface area (TPSA) is 34.9 Å². The fourth-order valence-corrected chi connectivity index (χ4v) is 3.62. The number of rotatable bonds is 3. The number of halogens is 7. The number of hydrogen-bond acceptors (Lipinski definition) is 3. The van der Waals surface area contributed by atoms with Crippen molar-refractivity contribution in [1.82, 2.24) is 9.55 Å². The fourth-order valence-electron chi connectivity index (χ4n) is 2.49. The van der Waals surface area contributed by atoms with E-state index in [1.54, 1.807) is 0 Å². The minimum atomic E-state index is -4.70. The first-order valence-corrected chi connectivity index (χ1v) is 8.81. The maximum Gasteiger partial charge on any atom is 0.434 e.